The molecule has 0 aromatic heterocycles. The second-order valence-electron chi connectivity index (χ2n) is 3.75. The Morgan fingerprint density at radius 1 is 0.923 bits per heavy atom. The first kappa shape index (κ1) is 13.1. The second-order valence-corrected chi connectivity index (χ2v) is 7.98. The van der Waals surface area contributed by atoms with Crippen molar-refractivity contribution in [3.8, 4) is 0 Å². The highest BCUT2D eigenvalue weighted by Gasteiger charge is 2.45. The van der Waals surface area contributed by atoms with Crippen LogP contribution in [0.5, 0.6) is 0 Å². The van der Waals surface area contributed by atoms with Crippen molar-refractivity contribution in [1.82, 2.24) is 0 Å². The average molecular weight is 204 g/mol. The molecular weight excluding hydrogens is 180 g/mol. The van der Waals surface area contributed by atoms with Crippen LogP contribution >= 0.6 is 0 Å². The zero-order valence-corrected chi connectivity index (χ0v) is 10.9. The van der Waals surface area contributed by atoms with Gasteiger partial charge in [-0.3, -0.25) is 0 Å². The van der Waals surface area contributed by atoms with Crippen LogP contribution in [0.4, 0.5) is 0 Å². The predicted molar refractivity (Wildman–Crippen MR) is 59.2 cm³/mol. The molecular formula is C10H24O2Si. The van der Waals surface area contributed by atoms with Crippen molar-refractivity contribution in [2.24, 2.45) is 0 Å². The van der Waals surface area contributed by atoms with Gasteiger partial charge in [0.05, 0.1) is 0 Å². The molecule has 0 bridgehead atoms. The van der Waals surface area contributed by atoms with Gasteiger partial charge in [-0.15, -0.1) is 0 Å². The van der Waals surface area contributed by atoms with Gasteiger partial charge >= 0.3 is 8.56 Å². The summed E-state index contributed by atoms with van der Waals surface area (Å²) in [6, 6.07) is 0. The van der Waals surface area contributed by atoms with Crippen molar-refractivity contribution in [2.45, 2.75) is 51.6 Å². The van der Waals surface area contributed by atoms with E-state index in [1.165, 1.54) is 0 Å². The zero-order chi connectivity index (χ0) is 10.5. The molecule has 2 nitrogen and oxygen atoms in total. The Hall–Kier alpha value is 0.137. The van der Waals surface area contributed by atoms with Gasteiger partial charge in [0.1, 0.15) is 0 Å². The molecule has 2 atom stereocenters. The van der Waals surface area contributed by atoms with E-state index < -0.39 is 8.56 Å². The first-order valence-corrected chi connectivity index (χ1v) is 7.16. The van der Waals surface area contributed by atoms with Crippen LogP contribution < -0.4 is 0 Å². The molecule has 0 radical (unpaired) electrons. The Balaban J connectivity index is 4.67. The van der Waals surface area contributed by atoms with E-state index in [2.05, 4.69) is 27.7 Å². The first-order chi connectivity index (χ1) is 6.08. The number of rotatable bonds is 6. The largest absolute Gasteiger partial charge is 0.397 e. The summed E-state index contributed by atoms with van der Waals surface area (Å²) in [4.78, 5) is 0. The van der Waals surface area contributed by atoms with Gasteiger partial charge < -0.3 is 8.85 Å². The van der Waals surface area contributed by atoms with Gasteiger partial charge in [0, 0.05) is 14.2 Å². The monoisotopic (exact) mass is 204 g/mol. The molecule has 0 aromatic carbocycles. The van der Waals surface area contributed by atoms with Crippen molar-refractivity contribution in [2.75, 3.05) is 14.2 Å². The van der Waals surface area contributed by atoms with Gasteiger partial charge in [-0.25, -0.2) is 0 Å². The maximum atomic E-state index is 5.71. The Morgan fingerprint density at radius 3 is 1.38 bits per heavy atom. The molecule has 0 aliphatic heterocycles. The molecule has 0 fully saturated rings. The summed E-state index contributed by atoms with van der Waals surface area (Å²) in [6.07, 6.45) is 2.27. The van der Waals surface area contributed by atoms with E-state index in [0.29, 0.717) is 11.1 Å². The molecule has 0 aliphatic carbocycles. The molecule has 0 saturated carbocycles. The third-order valence-corrected chi connectivity index (χ3v) is 8.08. The highest BCUT2D eigenvalue weighted by molar-refractivity contribution is 6.70. The Labute approximate surface area is 83.9 Å². The van der Waals surface area contributed by atoms with E-state index in [1.54, 1.807) is 14.2 Å². The third-order valence-electron chi connectivity index (χ3n) is 3.24. The van der Waals surface area contributed by atoms with Crippen molar-refractivity contribution in [3.05, 3.63) is 0 Å². The SMILES string of the molecule is CCC(C)[Si](OC)(OC)C(C)CC. The van der Waals surface area contributed by atoms with Gasteiger partial charge in [0.2, 0.25) is 0 Å². The minimum Gasteiger partial charge on any atom is -0.397 e. The zero-order valence-electron chi connectivity index (χ0n) is 9.89. The molecule has 0 N–H and O–H groups in total. The van der Waals surface area contributed by atoms with Crippen LogP contribution in [-0.2, 0) is 8.85 Å². The fourth-order valence-electron chi connectivity index (χ4n) is 1.94. The minimum absolute atomic E-state index is 0.567. The molecule has 3 heteroatoms. The van der Waals surface area contributed by atoms with Crippen LogP contribution in [-0.4, -0.2) is 22.8 Å². The van der Waals surface area contributed by atoms with E-state index in [-0.39, 0.29) is 0 Å². The molecule has 0 saturated heterocycles. The molecule has 2 unspecified atom stereocenters. The predicted octanol–water partition coefficient (Wildman–Crippen LogP) is 3.32. The molecule has 13 heavy (non-hydrogen) atoms. The van der Waals surface area contributed by atoms with Crippen molar-refractivity contribution < 1.29 is 8.85 Å². The van der Waals surface area contributed by atoms with Crippen molar-refractivity contribution in [3.63, 3.8) is 0 Å². The van der Waals surface area contributed by atoms with Gasteiger partial charge in [-0.05, 0) is 11.1 Å². The summed E-state index contributed by atoms with van der Waals surface area (Å²) in [5, 5.41) is 0. The Morgan fingerprint density at radius 2 is 1.23 bits per heavy atom. The van der Waals surface area contributed by atoms with E-state index >= 15 is 0 Å². The lowest BCUT2D eigenvalue weighted by atomic mass is 10.4. The second kappa shape index (κ2) is 5.78. The van der Waals surface area contributed by atoms with Crippen LogP contribution in [0.1, 0.15) is 40.5 Å². The molecule has 0 aliphatic rings. The highest BCUT2D eigenvalue weighted by Crippen LogP contribution is 2.37. The minimum atomic E-state index is -1.95. The molecule has 0 amide bonds. The summed E-state index contributed by atoms with van der Waals surface area (Å²) >= 11 is 0. The summed E-state index contributed by atoms with van der Waals surface area (Å²) < 4.78 is 11.4. The summed E-state index contributed by atoms with van der Waals surface area (Å²) in [5.41, 5.74) is 1.13. The molecule has 0 spiro atoms. The van der Waals surface area contributed by atoms with E-state index in [0.717, 1.165) is 12.8 Å². The molecule has 0 rings (SSSR count). The Bertz CT molecular complexity index is 123. The Kier molecular flexibility index (Phi) is 5.84. The molecule has 0 heterocycles. The quantitative estimate of drug-likeness (QED) is 0.618. The number of hydrogen-bond acceptors (Lipinski definition) is 2. The van der Waals surface area contributed by atoms with Crippen molar-refractivity contribution >= 4 is 8.56 Å². The van der Waals surface area contributed by atoms with E-state index in [9.17, 15) is 0 Å². The van der Waals surface area contributed by atoms with Crippen LogP contribution in [0.2, 0.25) is 11.1 Å². The number of hydrogen-bond donors (Lipinski definition) is 0. The standard InChI is InChI=1S/C10H24O2Si/c1-7-9(3)13(11-5,12-6)10(4)8-2/h9-10H,7-8H2,1-6H3. The van der Waals surface area contributed by atoms with Gasteiger partial charge in [-0.1, -0.05) is 40.5 Å². The van der Waals surface area contributed by atoms with Gasteiger partial charge in [-0.2, -0.15) is 0 Å². The van der Waals surface area contributed by atoms with Gasteiger partial charge in [0.25, 0.3) is 0 Å². The lowest BCUT2D eigenvalue weighted by Crippen LogP contribution is -2.47. The highest BCUT2D eigenvalue weighted by atomic mass is 28.4. The molecule has 0 aromatic rings. The van der Waals surface area contributed by atoms with Crippen LogP contribution in [0.15, 0.2) is 0 Å². The van der Waals surface area contributed by atoms with Crippen LogP contribution in [0.25, 0.3) is 0 Å². The van der Waals surface area contributed by atoms with Crippen LogP contribution in [0.3, 0.4) is 0 Å². The summed E-state index contributed by atoms with van der Waals surface area (Å²) in [5.74, 6) is 0. The third kappa shape index (κ3) is 2.54. The smallest absolute Gasteiger partial charge is 0.343 e. The fraction of sp³-hybridized carbons (Fsp3) is 1.00. The summed E-state index contributed by atoms with van der Waals surface area (Å²) in [7, 11) is 1.65. The lowest BCUT2D eigenvalue weighted by molar-refractivity contribution is 0.216. The van der Waals surface area contributed by atoms with Gasteiger partial charge in [0.15, 0.2) is 0 Å². The van der Waals surface area contributed by atoms with Crippen molar-refractivity contribution in [1.29, 1.82) is 0 Å². The maximum Gasteiger partial charge on any atom is 0.343 e. The van der Waals surface area contributed by atoms with E-state index in [1.807, 2.05) is 0 Å². The topological polar surface area (TPSA) is 18.5 Å². The van der Waals surface area contributed by atoms with E-state index in [4.69, 9.17) is 8.85 Å². The lowest BCUT2D eigenvalue weighted by Gasteiger charge is -2.37. The fourth-order valence-corrected chi connectivity index (χ4v) is 5.83. The first-order valence-electron chi connectivity index (χ1n) is 5.19. The van der Waals surface area contributed by atoms with Crippen LogP contribution in [0, 0.1) is 0 Å². The maximum absolute atomic E-state index is 5.71. The normalized spacial score (nSPS) is 17.1. The summed E-state index contributed by atoms with van der Waals surface area (Å²) in [6.45, 7) is 8.89. The average Bonchev–Trinajstić information content (AvgIpc) is 2.19. The molecule has 80 valence electrons.